The highest BCUT2D eigenvalue weighted by atomic mass is 14.2. The summed E-state index contributed by atoms with van der Waals surface area (Å²) >= 11 is 0. The zero-order valence-electron chi connectivity index (χ0n) is 16.4. The van der Waals surface area contributed by atoms with Crippen LogP contribution in [0.4, 0.5) is 0 Å². The molecule has 0 amide bonds. The fourth-order valence-electron chi connectivity index (χ4n) is 2.34. The average molecular weight is 305 g/mol. The Morgan fingerprint density at radius 1 is 0.818 bits per heavy atom. The molecule has 1 aromatic rings. The minimum Gasteiger partial charge on any atom is -0.0654 e. The lowest BCUT2D eigenvalue weighted by Crippen LogP contribution is -2.15. The second kappa shape index (κ2) is 11.7. The van der Waals surface area contributed by atoms with Gasteiger partial charge in [0.25, 0.3) is 0 Å². The Balaban J connectivity index is 0.000000980. The number of unbranched alkanes of at least 4 members (excludes halogenated alkanes) is 4. The third-order valence-corrected chi connectivity index (χ3v) is 4.81. The number of hydrogen-bond acceptors (Lipinski definition) is 0. The van der Waals surface area contributed by atoms with Gasteiger partial charge in [0.05, 0.1) is 0 Å². The molecule has 0 spiro atoms. The first-order valence-corrected chi connectivity index (χ1v) is 9.52. The van der Waals surface area contributed by atoms with Crippen molar-refractivity contribution in [2.75, 3.05) is 0 Å². The minimum absolute atomic E-state index is 0.311. The van der Waals surface area contributed by atoms with Crippen LogP contribution in [-0.2, 0) is 11.8 Å². The maximum absolute atomic E-state index is 2.40. The van der Waals surface area contributed by atoms with Crippen molar-refractivity contribution in [1.82, 2.24) is 0 Å². The maximum Gasteiger partial charge on any atom is -0.0106 e. The highest BCUT2D eigenvalue weighted by Crippen LogP contribution is 2.28. The first-order chi connectivity index (χ1) is 10.4. The van der Waals surface area contributed by atoms with Crippen LogP contribution in [0.1, 0.15) is 103 Å². The maximum atomic E-state index is 2.40. The van der Waals surface area contributed by atoms with Gasteiger partial charge in [-0.15, -0.1) is 0 Å². The lowest BCUT2D eigenvalue weighted by atomic mass is 9.81. The molecule has 0 heterocycles. The van der Waals surface area contributed by atoms with Crippen LogP contribution in [0, 0.1) is 6.92 Å². The second-order valence-corrected chi connectivity index (χ2v) is 7.19. The lowest BCUT2D eigenvalue weighted by molar-refractivity contribution is 0.505. The van der Waals surface area contributed by atoms with E-state index in [9.17, 15) is 0 Å². The predicted molar refractivity (Wildman–Crippen MR) is 103 cm³/mol. The molecule has 1 rings (SSSR count). The fourth-order valence-corrected chi connectivity index (χ4v) is 2.34. The number of rotatable bonds is 8. The molecule has 0 unspecified atom stereocenters. The molecule has 0 aliphatic rings. The van der Waals surface area contributed by atoms with Crippen LogP contribution < -0.4 is 0 Å². The van der Waals surface area contributed by atoms with E-state index < -0.39 is 0 Å². The summed E-state index contributed by atoms with van der Waals surface area (Å²) < 4.78 is 0. The van der Waals surface area contributed by atoms with Crippen molar-refractivity contribution in [3.05, 3.63) is 34.9 Å². The summed E-state index contributed by atoms with van der Waals surface area (Å²) in [5.41, 5.74) is 4.82. The monoisotopic (exact) mass is 304 g/mol. The van der Waals surface area contributed by atoms with E-state index in [-0.39, 0.29) is 0 Å². The summed E-state index contributed by atoms with van der Waals surface area (Å²) in [6.45, 7) is 15.8. The van der Waals surface area contributed by atoms with Gasteiger partial charge in [-0.2, -0.15) is 0 Å². The summed E-state index contributed by atoms with van der Waals surface area (Å²) in [6, 6.07) is 7.10. The van der Waals surface area contributed by atoms with E-state index in [0.717, 1.165) is 0 Å². The molecular weight excluding hydrogens is 264 g/mol. The molecule has 0 saturated carbocycles. The van der Waals surface area contributed by atoms with Gasteiger partial charge in [-0.1, -0.05) is 91.8 Å². The van der Waals surface area contributed by atoms with Gasteiger partial charge in [-0.25, -0.2) is 0 Å². The van der Waals surface area contributed by atoms with Crippen molar-refractivity contribution in [3.63, 3.8) is 0 Å². The topological polar surface area (TPSA) is 0 Å². The molecule has 0 bridgehead atoms. The predicted octanol–water partition coefficient (Wildman–Crippen LogP) is 7.61. The summed E-state index contributed by atoms with van der Waals surface area (Å²) in [6.07, 6.45) is 10.5. The molecule has 0 aliphatic heterocycles. The summed E-state index contributed by atoms with van der Waals surface area (Å²) in [5, 5.41) is 0. The van der Waals surface area contributed by atoms with E-state index in [1.54, 1.807) is 5.56 Å². The van der Waals surface area contributed by atoms with Crippen molar-refractivity contribution in [1.29, 1.82) is 0 Å². The summed E-state index contributed by atoms with van der Waals surface area (Å²) in [7, 11) is 0. The van der Waals surface area contributed by atoms with Crippen molar-refractivity contribution < 1.29 is 0 Å². The van der Waals surface area contributed by atoms with Crippen molar-refractivity contribution in [3.8, 4) is 0 Å². The Morgan fingerprint density at radius 3 is 1.91 bits per heavy atom. The third-order valence-electron chi connectivity index (χ3n) is 4.81. The molecule has 0 nitrogen and oxygen atoms in total. The zero-order valence-corrected chi connectivity index (χ0v) is 16.4. The van der Waals surface area contributed by atoms with Gasteiger partial charge >= 0.3 is 0 Å². The SMILES string of the molecule is CCCC.CCCCCCc1ccc(C(C)(C)CC)cc1C. The van der Waals surface area contributed by atoms with E-state index in [2.05, 4.69) is 66.7 Å². The summed E-state index contributed by atoms with van der Waals surface area (Å²) in [4.78, 5) is 0. The van der Waals surface area contributed by atoms with Crippen LogP contribution in [0.2, 0.25) is 0 Å². The Kier molecular flexibility index (Phi) is 11.3. The van der Waals surface area contributed by atoms with E-state index in [4.69, 9.17) is 0 Å². The average Bonchev–Trinajstić information content (AvgIpc) is 2.53. The molecule has 22 heavy (non-hydrogen) atoms. The molecule has 0 saturated heterocycles. The fraction of sp³-hybridized carbons (Fsp3) is 0.727. The van der Waals surface area contributed by atoms with Gasteiger partial charge in [0.1, 0.15) is 0 Å². The third kappa shape index (κ3) is 8.01. The Bertz CT molecular complexity index is 385. The molecule has 0 radical (unpaired) electrons. The quantitative estimate of drug-likeness (QED) is 0.433. The van der Waals surface area contributed by atoms with Crippen LogP contribution in [0.5, 0.6) is 0 Å². The molecule has 0 N–H and O–H groups in total. The van der Waals surface area contributed by atoms with Crippen LogP contribution in [0.3, 0.4) is 0 Å². The Labute approximate surface area is 140 Å². The zero-order chi connectivity index (χ0) is 17.0. The number of hydrogen-bond donors (Lipinski definition) is 0. The highest BCUT2D eigenvalue weighted by molar-refractivity contribution is 5.34. The van der Waals surface area contributed by atoms with E-state index >= 15 is 0 Å². The minimum atomic E-state index is 0.311. The van der Waals surface area contributed by atoms with Crippen LogP contribution >= 0.6 is 0 Å². The largest absolute Gasteiger partial charge is 0.0654 e. The van der Waals surface area contributed by atoms with E-state index in [0.29, 0.717) is 5.41 Å². The van der Waals surface area contributed by atoms with E-state index in [1.807, 2.05) is 0 Å². The van der Waals surface area contributed by atoms with Crippen molar-refractivity contribution in [2.45, 2.75) is 105 Å². The van der Waals surface area contributed by atoms with Gasteiger partial charge in [0.2, 0.25) is 0 Å². The van der Waals surface area contributed by atoms with E-state index in [1.165, 1.54) is 62.5 Å². The second-order valence-electron chi connectivity index (χ2n) is 7.19. The van der Waals surface area contributed by atoms with Gasteiger partial charge in [-0.05, 0) is 48.3 Å². The molecule has 0 fully saturated rings. The summed E-state index contributed by atoms with van der Waals surface area (Å²) in [5.74, 6) is 0. The Morgan fingerprint density at radius 2 is 1.45 bits per heavy atom. The Hall–Kier alpha value is -0.780. The van der Waals surface area contributed by atoms with Gasteiger partial charge < -0.3 is 0 Å². The van der Waals surface area contributed by atoms with Crippen LogP contribution in [-0.4, -0.2) is 0 Å². The number of benzene rings is 1. The highest BCUT2D eigenvalue weighted by Gasteiger charge is 2.18. The lowest BCUT2D eigenvalue weighted by Gasteiger charge is -2.24. The molecule has 0 aliphatic carbocycles. The smallest absolute Gasteiger partial charge is 0.0106 e. The first-order valence-electron chi connectivity index (χ1n) is 9.52. The standard InChI is InChI=1S/C18H30.C4H10/c1-6-8-9-10-11-16-12-13-17(14-15(16)3)18(4,5)7-2;1-3-4-2/h12-14H,6-11H2,1-5H3;3-4H2,1-2H3. The van der Waals surface area contributed by atoms with Crippen LogP contribution in [0.25, 0.3) is 0 Å². The molecule has 1 aromatic carbocycles. The molecular formula is C22H40. The van der Waals surface area contributed by atoms with Gasteiger partial charge in [-0.3, -0.25) is 0 Å². The molecule has 0 heteroatoms. The van der Waals surface area contributed by atoms with Gasteiger partial charge in [0.15, 0.2) is 0 Å². The first kappa shape index (κ1) is 21.2. The molecule has 0 aromatic heterocycles. The van der Waals surface area contributed by atoms with Crippen molar-refractivity contribution >= 4 is 0 Å². The van der Waals surface area contributed by atoms with Gasteiger partial charge in [0, 0.05) is 0 Å². The number of aryl methyl sites for hydroxylation is 2. The molecule has 0 atom stereocenters. The molecule has 128 valence electrons. The normalized spacial score (nSPS) is 11.0. The van der Waals surface area contributed by atoms with Crippen LogP contribution in [0.15, 0.2) is 18.2 Å². The van der Waals surface area contributed by atoms with Crippen molar-refractivity contribution in [2.24, 2.45) is 0 Å².